The monoisotopic (exact) mass is 1160 g/mol. The van der Waals surface area contributed by atoms with E-state index in [1.807, 2.05) is 24.3 Å². The highest BCUT2D eigenvalue weighted by molar-refractivity contribution is 6.98. The van der Waals surface area contributed by atoms with Gasteiger partial charge in [-0.15, -0.1) is 0 Å². The zero-order chi connectivity index (χ0) is 61.4. The number of rotatable bonds is 22. The van der Waals surface area contributed by atoms with E-state index in [2.05, 4.69) is 199 Å². The van der Waals surface area contributed by atoms with Crippen molar-refractivity contribution in [2.24, 2.45) is 0 Å². The Kier molecular flexibility index (Phi) is 19.9. The smallest absolute Gasteiger partial charge is 0.423 e. The Balaban J connectivity index is 1.16. The summed E-state index contributed by atoms with van der Waals surface area (Å²) in [7, 11) is 2.95. The summed E-state index contributed by atoms with van der Waals surface area (Å²) in [6.45, 7) is 19.7. The van der Waals surface area contributed by atoms with Gasteiger partial charge in [0.15, 0.2) is 5.71 Å². The van der Waals surface area contributed by atoms with Crippen molar-refractivity contribution >= 4 is 88.8 Å². The maximum absolute atomic E-state index is 12.6. The Hall–Kier alpha value is -8.16. The third kappa shape index (κ3) is 14.2. The van der Waals surface area contributed by atoms with Crippen LogP contribution in [0.3, 0.4) is 0 Å². The van der Waals surface area contributed by atoms with Gasteiger partial charge in [0.05, 0.1) is 0 Å². The van der Waals surface area contributed by atoms with Gasteiger partial charge in [-0.05, 0) is 157 Å². The molecule has 0 aromatic heterocycles. The van der Waals surface area contributed by atoms with Crippen LogP contribution in [0.15, 0.2) is 187 Å². The second-order valence-electron chi connectivity index (χ2n) is 23.7. The van der Waals surface area contributed by atoms with Crippen molar-refractivity contribution in [2.45, 2.75) is 66.0 Å². The number of hydrogen-bond acceptors (Lipinski definition) is 9. The average molecular weight is 1160 g/mol. The number of fused-ring (bicyclic) bond motifs is 4. The molecule has 2 amide bonds. The molecule has 438 valence electrons. The van der Waals surface area contributed by atoms with Gasteiger partial charge in [0.2, 0.25) is 11.8 Å². The molecule has 1 heterocycles. The minimum absolute atomic E-state index is 0.200. The predicted octanol–water partition coefficient (Wildman–Crippen LogP) is 7.47. The number of hydrogen-bond donors (Lipinski definition) is 6. The van der Waals surface area contributed by atoms with E-state index in [0.29, 0.717) is 87.3 Å². The van der Waals surface area contributed by atoms with Crippen LogP contribution in [0.1, 0.15) is 71.2 Å². The standard InChI is InChI=1S/C71H78B2N6O6Si/c1-48(2)70(80)74-37-17-39-78(44-53-19-11-15-23-65(53)72(82)83)46-63-57-21-13-14-22-58(57)64(47-79(40-18-38-75-71(81)49(3)4)45-54-20-12-16-24-66(54)73(84)85)62-41-51(29-34-59(62)63)26-25-50-27-30-52(31-28-50)69-60-35-32-55(76(5)6)42-67(60)86(9,10)68-43-56(77(7)8)33-36-61(68)69/h11-16,19-24,27-36,41-43,82-85H,1,3,17-18,37-40,44-47H2,2,4-10H3,(H-,74,75,80,81)/p+1. The quantitative estimate of drug-likeness (QED) is 0.0102. The predicted molar refractivity (Wildman–Crippen MR) is 358 cm³/mol. The topological polar surface area (TPSA) is 152 Å². The molecule has 1 aliphatic heterocycles. The van der Waals surface area contributed by atoms with E-state index < -0.39 is 22.3 Å². The lowest BCUT2D eigenvalue weighted by Crippen LogP contribution is -2.49. The van der Waals surface area contributed by atoms with Crippen molar-refractivity contribution in [2.75, 3.05) is 59.3 Å². The Morgan fingerprint density at radius 1 is 0.605 bits per heavy atom. The van der Waals surface area contributed by atoms with Gasteiger partial charge >= 0.3 is 14.2 Å². The molecule has 0 radical (unpaired) electrons. The Morgan fingerprint density at radius 2 is 1.10 bits per heavy atom. The number of benzene rings is 7. The molecule has 9 rings (SSSR count). The minimum atomic E-state index is -2.13. The molecule has 0 saturated heterocycles. The molecule has 15 heteroatoms. The molecule has 2 aliphatic rings. The molecule has 12 nitrogen and oxygen atoms in total. The van der Waals surface area contributed by atoms with Gasteiger partial charge in [-0.1, -0.05) is 135 Å². The lowest BCUT2D eigenvalue weighted by molar-refractivity contribution is -0.462. The van der Waals surface area contributed by atoms with Crippen LogP contribution in [-0.4, -0.2) is 129 Å². The number of amides is 2. The van der Waals surface area contributed by atoms with Crippen LogP contribution in [0.4, 0.5) is 5.69 Å². The van der Waals surface area contributed by atoms with Crippen molar-refractivity contribution in [3.8, 4) is 11.8 Å². The van der Waals surface area contributed by atoms with E-state index in [0.717, 1.165) is 60.5 Å². The first-order chi connectivity index (χ1) is 41.2. The third-order valence-electron chi connectivity index (χ3n) is 16.6. The number of nitrogens with one attached hydrogen (secondary N) is 2. The maximum atomic E-state index is 12.6. The number of allylic oxidation sites excluding steroid dienone is 5. The molecule has 7 aromatic carbocycles. The van der Waals surface area contributed by atoms with Gasteiger partial charge in [0.1, 0.15) is 22.2 Å². The maximum Gasteiger partial charge on any atom is 0.488 e. The number of anilines is 1. The lowest BCUT2D eigenvalue weighted by atomic mass is 9.77. The number of carbonyl (C=O) groups is 2. The van der Waals surface area contributed by atoms with E-state index in [-0.39, 0.29) is 11.8 Å². The largest absolute Gasteiger partial charge is 0.488 e. The average Bonchev–Trinajstić information content (AvgIpc) is 0.782. The Labute approximate surface area is 509 Å². The zero-order valence-electron chi connectivity index (χ0n) is 51.0. The second-order valence-corrected chi connectivity index (χ2v) is 28.0. The highest BCUT2D eigenvalue weighted by Crippen LogP contribution is 2.42. The van der Waals surface area contributed by atoms with Crippen molar-refractivity contribution in [3.05, 3.63) is 231 Å². The summed E-state index contributed by atoms with van der Waals surface area (Å²) in [5.41, 5.74) is 14.4. The van der Waals surface area contributed by atoms with Crippen LogP contribution >= 0.6 is 0 Å². The molecule has 0 atom stereocenters. The molecule has 0 saturated carbocycles. The molecule has 0 spiro atoms. The van der Waals surface area contributed by atoms with Gasteiger partial charge in [-0.3, -0.25) is 19.4 Å². The van der Waals surface area contributed by atoms with Crippen molar-refractivity contribution in [1.29, 1.82) is 0 Å². The van der Waals surface area contributed by atoms with Gasteiger partial charge in [-0.25, -0.2) is 4.58 Å². The molecule has 86 heavy (non-hydrogen) atoms. The summed E-state index contributed by atoms with van der Waals surface area (Å²) in [6, 6.07) is 45.2. The highest BCUT2D eigenvalue weighted by atomic mass is 28.3. The number of carbonyl (C=O) groups excluding carboxylic acids is 2. The van der Waals surface area contributed by atoms with Crippen molar-refractivity contribution in [1.82, 2.24) is 20.4 Å². The van der Waals surface area contributed by atoms with Crippen LogP contribution < -0.4 is 31.6 Å². The fourth-order valence-electron chi connectivity index (χ4n) is 11.9. The molecular weight excluding hydrogens is 1080 g/mol. The molecule has 6 N–H and O–H groups in total. The van der Waals surface area contributed by atoms with Gasteiger partial charge in [0, 0.05) is 107 Å². The van der Waals surface area contributed by atoms with Crippen LogP contribution in [0.5, 0.6) is 0 Å². The summed E-state index contributed by atoms with van der Waals surface area (Å²) >= 11 is 0. The molecule has 0 unspecified atom stereocenters. The fourth-order valence-corrected chi connectivity index (χ4v) is 14.9. The van der Waals surface area contributed by atoms with Crippen molar-refractivity contribution in [3.63, 3.8) is 0 Å². The second kappa shape index (κ2) is 27.5. The first kappa shape index (κ1) is 62.4. The molecule has 0 fully saturated rings. The zero-order valence-corrected chi connectivity index (χ0v) is 52.0. The van der Waals surface area contributed by atoms with Crippen LogP contribution in [0.2, 0.25) is 13.1 Å². The molecular formula is C71H79B2N6O6Si+. The van der Waals surface area contributed by atoms with Crippen LogP contribution in [-0.2, 0) is 35.8 Å². The van der Waals surface area contributed by atoms with E-state index in [1.165, 1.54) is 38.5 Å². The van der Waals surface area contributed by atoms with Gasteiger partial charge in [0.25, 0.3) is 0 Å². The Bertz CT molecular complexity index is 3960. The van der Waals surface area contributed by atoms with Crippen LogP contribution in [0.25, 0.3) is 27.1 Å². The highest BCUT2D eigenvalue weighted by Gasteiger charge is 2.40. The van der Waals surface area contributed by atoms with E-state index >= 15 is 0 Å². The van der Waals surface area contributed by atoms with Gasteiger partial charge < -0.3 is 35.6 Å². The van der Waals surface area contributed by atoms with E-state index in [9.17, 15) is 29.7 Å². The van der Waals surface area contributed by atoms with Crippen molar-refractivity contribution < 1.29 is 34.3 Å². The van der Waals surface area contributed by atoms with E-state index in [1.54, 1.807) is 38.1 Å². The summed E-state index contributed by atoms with van der Waals surface area (Å²) in [4.78, 5) is 32.0. The normalized spacial score (nSPS) is 13.2. The SMILES string of the molecule is C=C(C)C(=O)NCCCN(Cc1ccccc1B(O)O)Cc1c2ccccc2c(CN(CCCNC(=O)C(=C)C)Cc2ccccc2B(O)O)c2cc(C#Cc3ccc(C4=C5C=CC(=[N+](C)C)C=C5[Si](C)(C)c5cc(N(C)C)ccc54)cc3)ccc12. The molecule has 0 bridgehead atoms. The molecule has 7 aromatic rings. The lowest BCUT2D eigenvalue weighted by Gasteiger charge is -2.38. The summed E-state index contributed by atoms with van der Waals surface area (Å²) in [5, 5.41) is 55.1. The van der Waals surface area contributed by atoms with E-state index in [4.69, 9.17) is 0 Å². The summed E-state index contributed by atoms with van der Waals surface area (Å²) < 4.78 is 2.18. The number of nitrogens with zero attached hydrogens (tertiary/aromatic N) is 4. The third-order valence-corrected chi connectivity index (χ3v) is 20.1. The Morgan fingerprint density at radius 3 is 1.63 bits per heavy atom. The molecule has 1 aliphatic carbocycles. The summed E-state index contributed by atoms with van der Waals surface area (Å²) in [6.07, 6.45) is 8.17. The summed E-state index contributed by atoms with van der Waals surface area (Å²) in [5.74, 6) is 6.69. The fraction of sp³-hybridized carbons (Fsp3) is 0.254. The first-order valence-corrected chi connectivity index (χ1v) is 32.5. The minimum Gasteiger partial charge on any atom is -0.423 e. The first-order valence-electron chi connectivity index (χ1n) is 29.5. The van der Waals surface area contributed by atoms with Gasteiger partial charge in [-0.2, -0.15) is 0 Å². The van der Waals surface area contributed by atoms with Crippen LogP contribution in [0, 0.1) is 11.8 Å².